The predicted octanol–water partition coefficient (Wildman–Crippen LogP) is 1.24. The number of hydrogen-bond acceptors (Lipinski definition) is 4. The smallest absolute Gasteiger partial charge is 0.335 e. The lowest BCUT2D eigenvalue weighted by Gasteiger charge is -2.28. The molecule has 0 aromatic heterocycles. The van der Waals surface area contributed by atoms with E-state index in [2.05, 4.69) is 0 Å². The Morgan fingerprint density at radius 1 is 1.14 bits per heavy atom. The largest absolute Gasteiger partial charge is 0.464 e. The Balaban J connectivity index is 1.79. The van der Waals surface area contributed by atoms with Gasteiger partial charge in [0.1, 0.15) is 0 Å². The summed E-state index contributed by atoms with van der Waals surface area (Å²) in [6, 6.07) is 0. The number of cyclic esters (lactones) is 1. The van der Waals surface area contributed by atoms with Crippen molar-refractivity contribution in [2.45, 2.75) is 44.5 Å². The quantitative estimate of drug-likeness (QED) is 0.629. The highest BCUT2D eigenvalue weighted by Gasteiger charge is 2.28. The molecule has 0 saturated carbocycles. The van der Waals surface area contributed by atoms with Crippen LogP contribution in [0.4, 0.5) is 0 Å². The lowest BCUT2D eigenvalue weighted by molar-refractivity contribution is -0.210. The Morgan fingerprint density at radius 2 is 2.07 bits per heavy atom. The van der Waals surface area contributed by atoms with Crippen LogP contribution in [0.15, 0.2) is 0 Å². The molecule has 2 rings (SSSR count). The van der Waals surface area contributed by atoms with Crippen LogP contribution in [0.5, 0.6) is 0 Å². The molecular weight excluding hydrogens is 184 g/mol. The molecule has 0 spiro atoms. The van der Waals surface area contributed by atoms with E-state index in [1.807, 2.05) is 0 Å². The highest BCUT2D eigenvalue weighted by atomic mass is 16.7. The molecule has 80 valence electrons. The Morgan fingerprint density at radius 3 is 2.79 bits per heavy atom. The summed E-state index contributed by atoms with van der Waals surface area (Å²) in [5.74, 6) is -0.231. The number of rotatable bonds is 2. The first-order valence-corrected chi connectivity index (χ1v) is 5.30. The summed E-state index contributed by atoms with van der Waals surface area (Å²) in [4.78, 5) is 11.3. The van der Waals surface area contributed by atoms with Crippen LogP contribution >= 0.6 is 0 Å². The number of carbonyl (C=O) groups excluding carboxylic acids is 1. The maximum absolute atomic E-state index is 11.3. The average molecular weight is 200 g/mol. The van der Waals surface area contributed by atoms with Gasteiger partial charge in [-0.15, -0.1) is 0 Å². The van der Waals surface area contributed by atoms with Crippen LogP contribution in [0, 0.1) is 0 Å². The lowest BCUT2D eigenvalue weighted by atomic mass is 10.1. The number of carbonyl (C=O) groups is 1. The van der Waals surface area contributed by atoms with Crippen LogP contribution in [-0.4, -0.2) is 31.6 Å². The average Bonchev–Trinajstić information content (AvgIpc) is 2.23. The SMILES string of the molecule is O=C1OCCCC1OC1CCCCO1. The second-order valence-electron chi connectivity index (χ2n) is 3.73. The summed E-state index contributed by atoms with van der Waals surface area (Å²) >= 11 is 0. The molecule has 0 bridgehead atoms. The molecule has 2 aliphatic heterocycles. The minimum Gasteiger partial charge on any atom is -0.464 e. The fraction of sp³-hybridized carbons (Fsp3) is 0.900. The molecule has 0 aromatic carbocycles. The Bertz CT molecular complexity index is 198. The van der Waals surface area contributed by atoms with Crippen molar-refractivity contribution < 1.29 is 19.0 Å². The zero-order valence-electron chi connectivity index (χ0n) is 8.24. The van der Waals surface area contributed by atoms with Gasteiger partial charge in [0.25, 0.3) is 0 Å². The normalized spacial score (nSPS) is 33.9. The fourth-order valence-electron chi connectivity index (χ4n) is 1.78. The van der Waals surface area contributed by atoms with Crippen molar-refractivity contribution in [1.82, 2.24) is 0 Å². The highest BCUT2D eigenvalue weighted by Crippen LogP contribution is 2.19. The van der Waals surface area contributed by atoms with E-state index in [9.17, 15) is 4.79 Å². The summed E-state index contributed by atoms with van der Waals surface area (Å²) in [6.07, 6.45) is 4.17. The van der Waals surface area contributed by atoms with Crippen molar-refractivity contribution in [3.05, 3.63) is 0 Å². The third-order valence-electron chi connectivity index (χ3n) is 2.57. The first-order valence-electron chi connectivity index (χ1n) is 5.30. The van der Waals surface area contributed by atoms with E-state index in [1.165, 1.54) is 0 Å². The lowest BCUT2D eigenvalue weighted by Crippen LogP contribution is -2.36. The van der Waals surface area contributed by atoms with Crippen LogP contribution in [0.2, 0.25) is 0 Å². The highest BCUT2D eigenvalue weighted by molar-refractivity contribution is 5.75. The van der Waals surface area contributed by atoms with Gasteiger partial charge in [-0.25, -0.2) is 4.79 Å². The molecule has 2 atom stereocenters. The molecule has 0 amide bonds. The van der Waals surface area contributed by atoms with Gasteiger partial charge in [-0.3, -0.25) is 0 Å². The molecular formula is C10H16O4. The van der Waals surface area contributed by atoms with Crippen LogP contribution < -0.4 is 0 Å². The van der Waals surface area contributed by atoms with Crippen molar-refractivity contribution in [2.24, 2.45) is 0 Å². The van der Waals surface area contributed by atoms with Gasteiger partial charge in [-0.2, -0.15) is 0 Å². The predicted molar refractivity (Wildman–Crippen MR) is 48.7 cm³/mol. The summed E-state index contributed by atoms with van der Waals surface area (Å²) in [7, 11) is 0. The molecule has 2 heterocycles. The zero-order valence-corrected chi connectivity index (χ0v) is 8.24. The van der Waals surface area contributed by atoms with Gasteiger partial charge in [0, 0.05) is 6.61 Å². The Labute approximate surface area is 83.5 Å². The molecule has 0 radical (unpaired) electrons. The van der Waals surface area contributed by atoms with Crippen LogP contribution in [0.1, 0.15) is 32.1 Å². The topological polar surface area (TPSA) is 44.8 Å². The van der Waals surface area contributed by atoms with Crippen molar-refractivity contribution in [1.29, 1.82) is 0 Å². The monoisotopic (exact) mass is 200 g/mol. The molecule has 2 aliphatic rings. The number of hydrogen-bond donors (Lipinski definition) is 0. The molecule has 4 nitrogen and oxygen atoms in total. The van der Waals surface area contributed by atoms with E-state index in [1.54, 1.807) is 0 Å². The zero-order chi connectivity index (χ0) is 9.80. The van der Waals surface area contributed by atoms with Crippen LogP contribution in [-0.2, 0) is 19.0 Å². The summed E-state index contributed by atoms with van der Waals surface area (Å²) in [5, 5.41) is 0. The van der Waals surface area contributed by atoms with Crippen molar-refractivity contribution in [2.75, 3.05) is 13.2 Å². The molecule has 2 saturated heterocycles. The van der Waals surface area contributed by atoms with Crippen molar-refractivity contribution in [3.63, 3.8) is 0 Å². The first kappa shape index (κ1) is 9.93. The summed E-state index contributed by atoms with van der Waals surface area (Å²) < 4.78 is 15.9. The van der Waals surface area contributed by atoms with Gasteiger partial charge in [0.15, 0.2) is 12.4 Å². The molecule has 14 heavy (non-hydrogen) atoms. The van der Waals surface area contributed by atoms with E-state index < -0.39 is 6.10 Å². The standard InChI is InChI=1S/C10H16O4/c11-10-8(4-3-7-13-10)14-9-5-1-2-6-12-9/h8-9H,1-7H2. The van der Waals surface area contributed by atoms with Crippen LogP contribution in [0.25, 0.3) is 0 Å². The maximum Gasteiger partial charge on any atom is 0.335 e. The van der Waals surface area contributed by atoms with E-state index >= 15 is 0 Å². The number of ether oxygens (including phenoxy) is 3. The van der Waals surface area contributed by atoms with Crippen molar-refractivity contribution in [3.8, 4) is 0 Å². The molecule has 4 heteroatoms. The third kappa shape index (κ3) is 2.45. The molecule has 2 fully saturated rings. The van der Waals surface area contributed by atoms with Gasteiger partial charge < -0.3 is 14.2 Å². The number of esters is 1. The van der Waals surface area contributed by atoms with E-state index in [4.69, 9.17) is 14.2 Å². The minimum atomic E-state index is -0.396. The minimum absolute atomic E-state index is 0.195. The van der Waals surface area contributed by atoms with Gasteiger partial charge in [0.05, 0.1) is 6.61 Å². The Hall–Kier alpha value is -0.610. The second kappa shape index (κ2) is 4.75. The van der Waals surface area contributed by atoms with Crippen molar-refractivity contribution >= 4 is 5.97 Å². The van der Waals surface area contributed by atoms with E-state index in [-0.39, 0.29) is 12.3 Å². The third-order valence-corrected chi connectivity index (χ3v) is 2.57. The van der Waals surface area contributed by atoms with Crippen LogP contribution in [0.3, 0.4) is 0 Å². The summed E-state index contributed by atoms with van der Waals surface area (Å²) in [5.41, 5.74) is 0. The van der Waals surface area contributed by atoms with Gasteiger partial charge in [0.2, 0.25) is 0 Å². The Kier molecular flexibility index (Phi) is 3.37. The van der Waals surface area contributed by atoms with E-state index in [0.29, 0.717) is 6.61 Å². The second-order valence-corrected chi connectivity index (χ2v) is 3.73. The molecule has 0 aromatic rings. The molecule has 2 unspecified atom stereocenters. The maximum atomic E-state index is 11.3. The van der Waals surface area contributed by atoms with Gasteiger partial charge in [-0.1, -0.05) is 0 Å². The van der Waals surface area contributed by atoms with Gasteiger partial charge >= 0.3 is 5.97 Å². The molecule has 0 aliphatic carbocycles. The molecule has 0 N–H and O–H groups in total. The summed E-state index contributed by atoms with van der Waals surface area (Å²) in [6.45, 7) is 1.27. The van der Waals surface area contributed by atoms with Gasteiger partial charge in [-0.05, 0) is 32.1 Å². The fourth-order valence-corrected chi connectivity index (χ4v) is 1.78. The van der Waals surface area contributed by atoms with E-state index in [0.717, 1.165) is 38.7 Å². The first-order chi connectivity index (χ1) is 6.86.